The summed E-state index contributed by atoms with van der Waals surface area (Å²) in [6.07, 6.45) is 5.98. The highest BCUT2D eigenvalue weighted by molar-refractivity contribution is 5.95. The van der Waals surface area contributed by atoms with E-state index in [1.165, 1.54) is 25.7 Å². The Kier molecular flexibility index (Phi) is 9.55. The predicted molar refractivity (Wildman–Crippen MR) is 118 cm³/mol. The van der Waals surface area contributed by atoms with Crippen LogP contribution in [0.2, 0.25) is 0 Å². The second-order valence-corrected chi connectivity index (χ2v) is 6.85. The van der Waals surface area contributed by atoms with Crippen LogP contribution in [0.4, 0.5) is 11.4 Å². The molecule has 2 amide bonds. The molecule has 6 nitrogen and oxygen atoms in total. The summed E-state index contributed by atoms with van der Waals surface area (Å²) in [7, 11) is 1.59. The number of amides is 2. The zero-order valence-corrected chi connectivity index (χ0v) is 17.3. The molecule has 0 aromatic heterocycles. The lowest BCUT2D eigenvalue weighted by atomic mass is 10.2. The molecule has 0 aliphatic heterocycles. The zero-order valence-electron chi connectivity index (χ0n) is 17.3. The van der Waals surface area contributed by atoms with E-state index in [0.29, 0.717) is 17.9 Å². The Bertz CT molecular complexity index is 775. The Morgan fingerprint density at radius 1 is 0.931 bits per heavy atom. The lowest BCUT2D eigenvalue weighted by Gasteiger charge is -2.10. The van der Waals surface area contributed by atoms with Gasteiger partial charge in [0, 0.05) is 30.1 Å². The van der Waals surface area contributed by atoms with Crippen molar-refractivity contribution >= 4 is 23.2 Å². The number of nitrogens with one attached hydrogen (secondary N) is 3. The first kappa shape index (κ1) is 22.3. The van der Waals surface area contributed by atoms with Gasteiger partial charge in [0.05, 0.1) is 13.2 Å². The van der Waals surface area contributed by atoms with Crippen LogP contribution in [0, 0.1) is 0 Å². The third kappa shape index (κ3) is 8.25. The zero-order chi connectivity index (χ0) is 20.9. The van der Waals surface area contributed by atoms with E-state index < -0.39 is 0 Å². The van der Waals surface area contributed by atoms with Crippen LogP contribution in [0.25, 0.3) is 0 Å². The van der Waals surface area contributed by atoms with Gasteiger partial charge < -0.3 is 20.7 Å². The van der Waals surface area contributed by atoms with Crippen molar-refractivity contribution < 1.29 is 14.3 Å². The first-order valence-corrected chi connectivity index (χ1v) is 10.2. The highest BCUT2D eigenvalue weighted by Crippen LogP contribution is 2.18. The predicted octanol–water partition coefficient (Wildman–Crippen LogP) is 4.45. The van der Waals surface area contributed by atoms with Crippen molar-refractivity contribution in [3.8, 4) is 5.75 Å². The Labute approximate surface area is 173 Å². The third-order valence-corrected chi connectivity index (χ3v) is 4.46. The smallest absolute Gasteiger partial charge is 0.251 e. The lowest BCUT2D eigenvalue weighted by Crippen LogP contribution is -2.22. The van der Waals surface area contributed by atoms with Crippen LogP contribution in [0.15, 0.2) is 48.5 Å². The molecule has 0 aliphatic carbocycles. The van der Waals surface area contributed by atoms with Crippen molar-refractivity contribution in [3.63, 3.8) is 0 Å². The maximum atomic E-state index is 12.2. The fourth-order valence-corrected chi connectivity index (χ4v) is 2.83. The Morgan fingerprint density at radius 3 is 2.41 bits per heavy atom. The molecular formula is C23H31N3O3. The molecule has 0 saturated carbocycles. The number of carbonyl (C=O) groups excluding carboxylic acids is 2. The fraction of sp³-hybridized carbons (Fsp3) is 0.391. The van der Waals surface area contributed by atoms with Crippen molar-refractivity contribution in [1.82, 2.24) is 5.32 Å². The van der Waals surface area contributed by atoms with Gasteiger partial charge in [0.15, 0.2) is 0 Å². The Hall–Kier alpha value is -3.02. The molecular weight excluding hydrogens is 366 g/mol. The average Bonchev–Trinajstić information content (AvgIpc) is 2.75. The van der Waals surface area contributed by atoms with Gasteiger partial charge in [-0.05, 0) is 42.8 Å². The summed E-state index contributed by atoms with van der Waals surface area (Å²) in [5.41, 5.74) is 2.05. The molecule has 0 aliphatic rings. The monoisotopic (exact) mass is 397 g/mol. The molecule has 0 saturated heterocycles. The summed E-state index contributed by atoms with van der Waals surface area (Å²) in [4.78, 5) is 23.7. The highest BCUT2D eigenvalue weighted by atomic mass is 16.5. The molecule has 0 radical (unpaired) electrons. The summed E-state index contributed by atoms with van der Waals surface area (Å²) < 4.78 is 5.78. The van der Waals surface area contributed by atoms with Gasteiger partial charge in [-0.2, -0.15) is 0 Å². The van der Waals surface area contributed by atoms with Crippen LogP contribution in [0.5, 0.6) is 5.75 Å². The van der Waals surface area contributed by atoms with Crippen LogP contribution in [0.1, 0.15) is 49.4 Å². The van der Waals surface area contributed by atoms with Gasteiger partial charge in [0.1, 0.15) is 5.75 Å². The van der Waals surface area contributed by atoms with Gasteiger partial charge in [-0.1, -0.05) is 38.7 Å². The van der Waals surface area contributed by atoms with Crippen LogP contribution in [-0.4, -0.2) is 32.0 Å². The number of benzene rings is 2. The topological polar surface area (TPSA) is 79.5 Å². The van der Waals surface area contributed by atoms with Gasteiger partial charge in [-0.15, -0.1) is 0 Å². The van der Waals surface area contributed by atoms with Crippen molar-refractivity contribution in [2.75, 3.05) is 30.8 Å². The summed E-state index contributed by atoms with van der Waals surface area (Å²) in [6, 6.07) is 14.4. The van der Waals surface area contributed by atoms with E-state index in [1.54, 1.807) is 31.3 Å². The van der Waals surface area contributed by atoms with E-state index in [2.05, 4.69) is 22.9 Å². The first-order valence-electron chi connectivity index (χ1n) is 10.2. The summed E-state index contributed by atoms with van der Waals surface area (Å²) in [5, 5.41) is 8.48. The lowest BCUT2D eigenvalue weighted by molar-refractivity contribution is -0.114. The molecule has 0 unspecified atom stereocenters. The van der Waals surface area contributed by atoms with Crippen molar-refractivity contribution in [2.24, 2.45) is 0 Å². The number of ether oxygens (including phenoxy) is 1. The molecule has 29 heavy (non-hydrogen) atoms. The second-order valence-electron chi connectivity index (χ2n) is 6.85. The molecule has 2 aromatic carbocycles. The molecule has 2 aromatic rings. The van der Waals surface area contributed by atoms with Crippen LogP contribution in [0.3, 0.4) is 0 Å². The molecule has 0 atom stereocenters. The number of rotatable bonds is 12. The van der Waals surface area contributed by atoms with E-state index in [4.69, 9.17) is 4.74 Å². The highest BCUT2D eigenvalue weighted by Gasteiger charge is 2.05. The summed E-state index contributed by atoms with van der Waals surface area (Å²) in [6.45, 7) is 3.02. The standard InChI is InChI=1S/C23H31N3O3/c1-3-4-5-6-7-15-29-21-10-8-9-20(16-21)26-22(27)17-25-19-13-11-18(12-14-19)23(28)24-2/h8-14,16,25H,3-7,15,17H2,1-2H3,(H,24,28)(H,26,27). The van der Waals surface area contributed by atoms with Crippen molar-refractivity contribution in [1.29, 1.82) is 0 Å². The number of hydrogen-bond donors (Lipinski definition) is 3. The average molecular weight is 398 g/mol. The van der Waals surface area contributed by atoms with Crippen LogP contribution >= 0.6 is 0 Å². The molecule has 156 valence electrons. The van der Waals surface area contributed by atoms with E-state index in [1.807, 2.05) is 24.3 Å². The second kappa shape index (κ2) is 12.4. The van der Waals surface area contributed by atoms with E-state index >= 15 is 0 Å². The molecule has 2 rings (SSSR count). The molecule has 0 fully saturated rings. The summed E-state index contributed by atoms with van der Waals surface area (Å²) >= 11 is 0. The normalized spacial score (nSPS) is 10.3. The third-order valence-electron chi connectivity index (χ3n) is 4.46. The van der Waals surface area contributed by atoms with Gasteiger partial charge >= 0.3 is 0 Å². The Morgan fingerprint density at radius 2 is 1.69 bits per heavy atom. The van der Waals surface area contributed by atoms with Gasteiger partial charge in [0.2, 0.25) is 5.91 Å². The number of unbranched alkanes of at least 4 members (excludes halogenated alkanes) is 4. The van der Waals surface area contributed by atoms with Gasteiger partial charge in [-0.25, -0.2) is 0 Å². The SMILES string of the molecule is CCCCCCCOc1cccc(NC(=O)CNc2ccc(C(=O)NC)cc2)c1. The van der Waals surface area contributed by atoms with Crippen LogP contribution < -0.4 is 20.7 Å². The van der Waals surface area contributed by atoms with Crippen LogP contribution in [-0.2, 0) is 4.79 Å². The molecule has 6 heteroatoms. The van der Waals surface area contributed by atoms with E-state index in [-0.39, 0.29) is 18.4 Å². The van der Waals surface area contributed by atoms with Crippen molar-refractivity contribution in [2.45, 2.75) is 39.0 Å². The number of anilines is 2. The largest absolute Gasteiger partial charge is 0.494 e. The minimum Gasteiger partial charge on any atom is -0.494 e. The van der Waals surface area contributed by atoms with Crippen molar-refractivity contribution in [3.05, 3.63) is 54.1 Å². The molecule has 0 spiro atoms. The minimum atomic E-state index is -0.155. The number of carbonyl (C=O) groups is 2. The van der Waals surface area contributed by atoms with Gasteiger partial charge in [0.25, 0.3) is 5.91 Å². The maximum Gasteiger partial charge on any atom is 0.251 e. The Balaban J connectivity index is 1.75. The van der Waals surface area contributed by atoms with Gasteiger partial charge in [-0.3, -0.25) is 9.59 Å². The summed E-state index contributed by atoms with van der Waals surface area (Å²) in [5.74, 6) is 0.463. The first-order chi connectivity index (χ1) is 14.1. The number of hydrogen-bond acceptors (Lipinski definition) is 4. The van der Waals surface area contributed by atoms with E-state index in [0.717, 1.165) is 17.9 Å². The molecule has 0 heterocycles. The molecule has 3 N–H and O–H groups in total. The van der Waals surface area contributed by atoms with E-state index in [9.17, 15) is 9.59 Å². The quantitative estimate of drug-likeness (QED) is 0.463. The minimum absolute atomic E-state index is 0.127. The fourth-order valence-electron chi connectivity index (χ4n) is 2.83. The molecule has 0 bridgehead atoms. The maximum absolute atomic E-state index is 12.2.